The molecule has 0 aliphatic carbocycles. The number of hydrogen-bond donors (Lipinski definition) is 0. The van der Waals surface area contributed by atoms with Crippen LogP contribution in [-0.4, -0.2) is 7.11 Å². The largest absolute Gasteiger partial charge is 0.497 e. The van der Waals surface area contributed by atoms with Crippen LogP contribution in [0.15, 0.2) is 48.5 Å². The van der Waals surface area contributed by atoms with E-state index in [0.717, 1.165) is 11.7 Å². The van der Waals surface area contributed by atoms with Crippen molar-refractivity contribution in [1.29, 1.82) is 0 Å². The van der Waals surface area contributed by atoms with Gasteiger partial charge in [0.05, 0.1) is 7.11 Å². The third-order valence-electron chi connectivity index (χ3n) is 4.24. The molecule has 0 aromatic heterocycles. The van der Waals surface area contributed by atoms with Gasteiger partial charge in [-0.3, -0.25) is 0 Å². The Bertz CT molecular complexity index is 525. The molecule has 1 atom stereocenters. The van der Waals surface area contributed by atoms with Gasteiger partial charge in [-0.2, -0.15) is 0 Å². The second-order valence-corrected chi connectivity index (χ2v) is 5.83. The first-order valence-corrected chi connectivity index (χ1v) is 7.96. The molecule has 0 unspecified atom stereocenters. The molecule has 2 aromatic carbocycles. The van der Waals surface area contributed by atoms with Crippen LogP contribution < -0.4 is 4.74 Å². The molecule has 2 aromatic rings. The molecule has 0 fully saturated rings. The van der Waals surface area contributed by atoms with E-state index in [4.69, 9.17) is 4.74 Å². The first-order chi connectivity index (χ1) is 10.2. The van der Waals surface area contributed by atoms with Crippen LogP contribution in [0.2, 0.25) is 0 Å². The molecule has 0 N–H and O–H groups in total. The summed E-state index contributed by atoms with van der Waals surface area (Å²) in [5.74, 6) is 1.75. The van der Waals surface area contributed by atoms with Crippen molar-refractivity contribution >= 4 is 0 Å². The average Bonchev–Trinajstić information content (AvgIpc) is 2.55. The van der Waals surface area contributed by atoms with E-state index in [1.807, 2.05) is 12.1 Å². The standard InChI is InChI=1S/C20H26O/c1-4-16(2)6-5-7-17-8-10-18(11-9-17)19-12-14-20(21-3)15-13-19/h8-16H,4-7H2,1-3H3/t16-/m0/s1. The van der Waals surface area contributed by atoms with Crippen LogP contribution in [0.25, 0.3) is 11.1 Å². The minimum atomic E-state index is 0.851. The molecule has 0 spiro atoms. The Hall–Kier alpha value is -1.76. The number of ether oxygens (including phenoxy) is 1. The number of rotatable bonds is 7. The maximum atomic E-state index is 5.20. The van der Waals surface area contributed by atoms with E-state index in [9.17, 15) is 0 Å². The lowest BCUT2D eigenvalue weighted by Crippen LogP contribution is -1.94. The van der Waals surface area contributed by atoms with E-state index in [-0.39, 0.29) is 0 Å². The van der Waals surface area contributed by atoms with Gasteiger partial charge in [0.1, 0.15) is 5.75 Å². The zero-order chi connectivity index (χ0) is 15.1. The van der Waals surface area contributed by atoms with Gasteiger partial charge >= 0.3 is 0 Å². The van der Waals surface area contributed by atoms with Gasteiger partial charge in [-0.15, -0.1) is 0 Å². The fraction of sp³-hybridized carbons (Fsp3) is 0.400. The van der Waals surface area contributed by atoms with Gasteiger partial charge in [0, 0.05) is 0 Å². The van der Waals surface area contributed by atoms with Crippen molar-refractivity contribution in [2.24, 2.45) is 5.92 Å². The summed E-state index contributed by atoms with van der Waals surface area (Å²) in [6, 6.07) is 17.2. The highest BCUT2D eigenvalue weighted by Crippen LogP contribution is 2.23. The summed E-state index contributed by atoms with van der Waals surface area (Å²) in [6.45, 7) is 4.61. The van der Waals surface area contributed by atoms with E-state index in [0.29, 0.717) is 0 Å². The quantitative estimate of drug-likeness (QED) is 0.630. The lowest BCUT2D eigenvalue weighted by Gasteiger charge is -2.08. The number of benzene rings is 2. The first kappa shape index (κ1) is 15.6. The van der Waals surface area contributed by atoms with Gasteiger partial charge in [-0.25, -0.2) is 0 Å². The van der Waals surface area contributed by atoms with E-state index in [1.165, 1.54) is 42.4 Å². The fourth-order valence-corrected chi connectivity index (χ4v) is 2.51. The Morgan fingerprint density at radius 3 is 2.00 bits per heavy atom. The van der Waals surface area contributed by atoms with Crippen molar-refractivity contribution in [3.8, 4) is 16.9 Å². The van der Waals surface area contributed by atoms with E-state index < -0.39 is 0 Å². The van der Waals surface area contributed by atoms with Crippen LogP contribution in [0, 0.1) is 5.92 Å². The van der Waals surface area contributed by atoms with Gasteiger partial charge in [-0.1, -0.05) is 63.1 Å². The molecule has 0 radical (unpaired) electrons. The van der Waals surface area contributed by atoms with Crippen molar-refractivity contribution in [3.05, 3.63) is 54.1 Å². The minimum Gasteiger partial charge on any atom is -0.497 e. The van der Waals surface area contributed by atoms with Crippen LogP contribution in [0.4, 0.5) is 0 Å². The highest BCUT2D eigenvalue weighted by Gasteiger charge is 2.01. The van der Waals surface area contributed by atoms with Crippen LogP contribution >= 0.6 is 0 Å². The second-order valence-electron chi connectivity index (χ2n) is 5.83. The summed E-state index contributed by atoms with van der Waals surface area (Å²) in [5, 5.41) is 0. The molecule has 0 amide bonds. The molecular formula is C20H26O. The summed E-state index contributed by atoms with van der Waals surface area (Å²) in [4.78, 5) is 0. The molecule has 0 aliphatic heterocycles. The monoisotopic (exact) mass is 282 g/mol. The molecule has 1 nitrogen and oxygen atoms in total. The topological polar surface area (TPSA) is 9.23 Å². The third kappa shape index (κ3) is 4.63. The molecule has 112 valence electrons. The number of hydrogen-bond acceptors (Lipinski definition) is 1. The maximum Gasteiger partial charge on any atom is 0.118 e. The Kier molecular flexibility index (Phi) is 5.86. The summed E-state index contributed by atoms with van der Waals surface area (Å²) in [5.41, 5.74) is 3.95. The Morgan fingerprint density at radius 2 is 1.48 bits per heavy atom. The number of methoxy groups -OCH3 is 1. The Labute approximate surface area is 129 Å². The van der Waals surface area contributed by atoms with Crippen LogP contribution in [0.5, 0.6) is 5.75 Å². The zero-order valence-electron chi connectivity index (χ0n) is 13.4. The third-order valence-corrected chi connectivity index (χ3v) is 4.24. The van der Waals surface area contributed by atoms with Gasteiger partial charge in [0.15, 0.2) is 0 Å². The Balaban J connectivity index is 1.94. The summed E-state index contributed by atoms with van der Waals surface area (Å²) >= 11 is 0. The molecule has 2 rings (SSSR count). The normalized spacial score (nSPS) is 12.1. The average molecular weight is 282 g/mol. The van der Waals surface area contributed by atoms with Crippen molar-refractivity contribution in [2.45, 2.75) is 39.5 Å². The van der Waals surface area contributed by atoms with E-state index in [2.05, 4.69) is 50.2 Å². The SMILES string of the molecule is CC[C@H](C)CCCc1ccc(-c2ccc(OC)cc2)cc1. The molecule has 0 aliphatic rings. The molecule has 0 bridgehead atoms. The summed E-state index contributed by atoms with van der Waals surface area (Å²) < 4.78 is 5.20. The lowest BCUT2D eigenvalue weighted by molar-refractivity contribution is 0.415. The molecule has 0 saturated carbocycles. The second kappa shape index (κ2) is 7.87. The van der Waals surface area contributed by atoms with Crippen molar-refractivity contribution in [3.63, 3.8) is 0 Å². The molecule has 0 heterocycles. The zero-order valence-corrected chi connectivity index (χ0v) is 13.4. The minimum absolute atomic E-state index is 0.851. The molecule has 0 saturated heterocycles. The molecule has 21 heavy (non-hydrogen) atoms. The van der Waals surface area contributed by atoms with E-state index in [1.54, 1.807) is 7.11 Å². The molecular weight excluding hydrogens is 256 g/mol. The van der Waals surface area contributed by atoms with Crippen molar-refractivity contribution < 1.29 is 4.74 Å². The lowest BCUT2D eigenvalue weighted by atomic mass is 9.98. The highest BCUT2D eigenvalue weighted by molar-refractivity contribution is 5.64. The highest BCUT2D eigenvalue weighted by atomic mass is 16.5. The van der Waals surface area contributed by atoms with Gasteiger partial charge in [0.2, 0.25) is 0 Å². The van der Waals surface area contributed by atoms with Gasteiger partial charge in [-0.05, 0) is 47.6 Å². The van der Waals surface area contributed by atoms with Crippen molar-refractivity contribution in [2.75, 3.05) is 7.11 Å². The summed E-state index contributed by atoms with van der Waals surface area (Å²) in [7, 11) is 1.70. The fourth-order valence-electron chi connectivity index (χ4n) is 2.51. The predicted molar refractivity (Wildman–Crippen MR) is 90.8 cm³/mol. The van der Waals surface area contributed by atoms with E-state index >= 15 is 0 Å². The molecule has 1 heteroatoms. The first-order valence-electron chi connectivity index (χ1n) is 7.96. The van der Waals surface area contributed by atoms with Crippen LogP contribution in [0.3, 0.4) is 0 Å². The summed E-state index contributed by atoms with van der Waals surface area (Å²) in [6.07, 6.45) is 5.09. The number of aryl methyl sites for hydroxylation is 1. The smallest absolute Gasteiger partial charge is 0.118 e. The van der Waals surface area contributed by atoms with Crippen molar-refractivity contribution in [1.82, 2.24) is 0 Å². The van der Waals surface area contributed by atoms with Crippen LogP contribution in [-0.2, 0) is 6.42 Å². The van der Waals surface area contributed by atoms with Gasteiger partial charge in [0.25, 0.3) is 0 Å². The predicted octanol–water partition coefficient (Wildman–Crippen LogP) is 5.73. The Morgan fingerprint density at radius 1 is 0.905 bits per heavy atom. The maximum absolute atomic E-state index is 5.20. The van der Waals surface area contributed by atoms with Crippen LogP contribution in [0.1, 0.15) is 38.7 Å². The van der Waals surface area contributed by atoms with Gasteiger partial charge < -0.3 is 4.74 Å².